The number of rotatable bonds is 7. The van der Waals surface area contributed by atoms with E-state index >= 15 is 0 Å². The molecule has 7 heteroatoms. The Balaban J connectivity index is 1.86. The fourth-order valence-electron chi connectivity index (χ4n) is 4.24. The van der Waals surface area contributed by atoms with Crippen molar-refractivity contribution in [3.8, 4) is 11.5 Å². The van der Waals surface area contributed by atoms with E-state index in [1.807, 2.05) is 50.2 Å². The number of likely N-dealkylation sites (tertiary alicyclic amines) is 1. The van der Waals surface area contributed by atoms with Gasteiger partial charge in [-0.25, -0.2) is 0 Å². The quantitative estimate of drug-likeness (QED) is 0.261. The van der Waals surface area contributed by atoms with Gasteiger partial charge in [0.25, 0.3) is 11.7 Å². The fraction of sp³-hybridized carbons (Fsp3) is 0.214. The van der Waals surface area contributed by atoms with Crippen LogP contribution in [0.1, 0.15) is 35.2 Å². The first-order valence-corrected chi connectivity index (χ1v) is 11.6. The third kappa shape index (κ3) is 4.88. The molecule has 4 rings (SSSR count). The van der Waals surface area contributed by atoms with Crippen LogP contribution in [0.2, 0.25) is 5.02 Å². The highest BCUT2D eigenvalue weighted by atomic mass is 35.5. The third-order valence-corrected chi connectivity index (χ3v) is 6.24. The molecule has 1 N–H and O–H groups in total. The molecule has 0 aliphatic carbocycles. The van der Waals surface area contributed by atoms with Crippen molar-refractivity contribution in [3.05, 3.63) is 99.6 Å². The maximum absolute atomic E-state index is 13.3. The summed E-state index contributed by atoms with van der Waals surface area (Å²) in [4.78, 5) is 28.0. The van der Waals surface area contributed by atoms with Crippen LogP contribution in [-0.4, -0.2) is 35.4 Å². The number of aryl methyl sites for hydroxylation is 1. The molecule has 1 unspecified atom stereocenters. The van der Waals surface area contributed by atoms with Crippen LogP contribution in [-0.2, 0) is 16.1 Å². The maximum atomic E-state index is 13.3. The fourth-order valence-corrected chi connectivity index (χ4v) is 4.45. The van der Waals surface area contributed by atoms with Crippen molar-refractivity contribution >= 4 is 29.1 Å². The van der Waals surface area contributed by atoms with Gasteiger partial charge in [-0.15, -0.1) is 0 Å². The molecule has 0 spiro atoms. The van der Waals surface area contributed by atoms with Gasteiger partial charge in [-0.2, -0.15) is 0 Å². The van der Waals surface area contributed by atoms with E-state index in [-0.39, 0.29) is 28.5 Å². The number of ether oxygens (including phenoxy) is 2. The normalized spacial score (nSPS) is 17.0. The smallest absolute Gasteiger partial charge is 0.295 e. The van der Waals surface area contributed by atoms with Gasteiger partial charge in [0.1, 0.15) is 17.3 Å². The van der Waals surface area contributed by atoms with Gasteiger partial charge >= 0.3 is 0 Å². The van der Waals surface area contributed by atoms with Gasteiger partial charge in [0.05, 0.1) is 30.4 Å². The Labute approximate surface area is 209 Å². The lowest BCUT2D eigenvalue weighted by molar-refractivity contribution is -0.140. The zero-order chi connectivity index (χ0) is 25.1. The second-order valence-electron chi connectivity index (χ2n) is 8.26. The summed E-state index contributed by atoms with van der Waals surface area (Å²) in [6.07, 6.45) is 0. The highest BCUT2D eigenvalue weighted by Crippen LogP contribution is 2.42. The zero-order valence-corrected chi connectivity index (χ0v) is 20.5. The number of halogens is 1. The zero-order valence-electron chi connectivity index (χ0n) is 19.7. The summed E-state index contributed by atoms with van der Waals surface area (Å²) in [7, 11) is 1.58. The first-order chi connectivity index (χ1) is 16.8. The molecular formula is C28H26ClNO5. The van der Waals surface area contributed by atoms with E-state index in [4.69, 9.17) is 21.1 Å². The van der Waals surface area contributed by atoms with Crippen LogP contribution in [0, 0.1) is 6.92 Å². The van der Waals surface area contributed by atoms with E-state index in [1.165, 1.54) is 4.90 Å². The lowest BCUT2D eigenvalue weighted by Crippen LogP contribution is -2.29. The SMILES string of the molecule is CCOc1ccc(Cl)c(/C(O)=C2\C(=O)C(=O)N(Cc3ccc(OC)cc3)C2c2cccc(C)c2)c1. The molecule has 1 aliphatic rings. The standard InChI is InChI=1S/C28H26ClNO5/c1-4-35-21-12-13-23(29)22(15-21)26(31)24-25(19-7-5-6-17(2)14-19)30(28(33)27(24)32)16-18-8-10-20(34-3)11-9-18/h5-15,25,31H,4,16H2,1-3H3/b26-24+. The first kappa shape index (κ1) is 24.4. The average Bonchev–Trinajstić information content (AvgIpc) is 3.10. The van der Waals surface area contributed by atoms with Crippen molar-refractivity contribution in [2.24, 2.45) is 0 Å². The Morgan fingerprint density at radius 3 is 2.40 bits per heavy atom. The Kier molecular flexibility index (Phi) is 7.12. The monoisotopic (exact) mass is 491 g/mol. The highest BCUT2D eigenvalue weighted by Gasteiger charge is 2.46. The number of carbonyl (C=O) groups is 2. The van der Waals surface area contributed by atoms with Gasteiger partial charge < -0.3 is 19.5 Å². The van der Waals surface area contributed by atoms with Gasteiger partial charge in [0.15, 0.2) is 0 Å². The van der Waals surface area contributed by atoms with Crippen LogP contribution in [0.5, 0.6) is 11.5 Å². The molecule has 1 aliphatic heterocycles. The van der Waals surface area contributed by atoms with E-state index < -0.39 is 17.7 Å². The second kappa shape index (κ2) is 10.2. The van der Waals surface area contributed by atoms with Crippen LogP contribution in [0.3, 0.4) is 0 Å². The number of nitrogens with zero attached hydrogens (tertiary/aromatic N) is 1. The number of aliphatic hydroxyl groups is 1. The number of benzene rings is 3. The van der Waals surface area contributed by atoms with E-state index in [1.54, 1.807) is 37.4 Å². The van der Waals surface area contributed by atoms with Crippen LogP contribution in [0.4, 0.5) is 0 Å². The van der Waals surface area contributed by atoms with Crippen molar-refractivity contribution in [1.82, 2.24) is 4.90 Å². The Morgan fingerprint density at radius 1 is 1.03 bits per heavy atom. The predicted octanol–water partition coefficient (Wildman–Crippen LogP) is 5.68. The lowest BCUT2D eigenvalue weighted by Gasteiger charge is -2.26. The molecule has 0 saturated carbocycles. The van der Waals surface area contributed by atoms with Crippen molar-refractivity contribution in [2.75, 3.05) is 13.7 Å². The topological polar surface area (TPSA) is 76.1 Å². The number of ketones is 1. The summed E-state index contributed by atoms with van der Waals surface area (Å²) in [6.45, 7) is 4.38. The first-order valence-electron chi connectivity index (χ1n) is 11.2. The molecule has 3 aromatic carbocycles. The molecule has 1 amide bonds. The number of hydrogen-bond acceptors (Lipinski definition) is 5. The maximum Gasteiger partial charge on any atom is 0.295 e. The van der Waals surface area contributed by atoms with Crippen LogP contribution in [0.25, 0.3) is 5.76 Å². The number of hydrogen-bond donors (Lipinski definition) is 1. The van der Waals surface area contributed by atoms with Gasteiger partial charge in [0, 0.05) is 12.1 Å². The van der Waals surface area contributed by atoms with Crippen LogP contribution in [0.15, 0.2) is 72.3 Å². The molecule has 1 heterocycles. The molecule has 0 bridgehead atoms. The molecule has 3 aromatic rings. The molecule has 0 radical (unpaired) electrons. The van der Waals surface area contributed by atoms with Gasteiger partial charge in [-0.3, -0.25) is 9.59 Å². The predicted molar refractivity (Wildman–Crippen MR) is 135 cm³/mol. The summed E-state index contributed by atoms with van der Waals surface area (Å²) < 4.78 is 10.8. The third-order valence-electron chi connectivity index (χ3n) is 5.91. The average molecular weight is 492 g/mol. The van der Waals surface area contributed by atoms with Crippen LogP contribution < -0.4 is 9.47 Å². The molecular weight excluding hydrogens is 466 g/mol. The Hall–Kier alpha value is -3.77. The number of amides is 1. The van der Waals surface area contributed by atoms with Crippen molar-refractivity contribution in [2.45, 2.75) is 26.4 Å². The van der Waals surface area contributed by atoms with Crippen molar-refractivity contribution in [1.29, 1.82) is 0 Å². The number of Topliss-reactive ketones (excluding diaryl/α,β-unsaturated/α-hetero) is 1. The highest BCUT2D eigenvalue weighted by molar-refractivity contribution is 6.47. The van der Waals surface area contributed by atoms with E-state index in [0.717, 1.165) is 16.7 Å². The van der Waals surface area contributed by atoms with Crippen molar-refractivity contribution in [3.63, 3.8) is 0 Å². The van der Waals surface area contributed by atoms with Crippen molar-refractivity contribution < 1.29 is 24.2 Å². The number of methoxy groups -OCH3 is 1. The Bertz CT molecular complexity index is 1300. The summed E-state index contributed by atoms with van der Waals surface area (Å²) in [6, 6.07) is 18.9. The van der Waals surface area contributed by atoms with Gasteiger partial charge in [-0.05, 0) is 55.3 Å². The largest absolute Gasteiger partial charge is 0.507 e. The Morgan fingerprint density at radius 2 is 1.74 bits per heavy atom. The molecule has 1 saturated heterocycles. The molecule has 6 nitrogen and oxygen atoms in total. The summed E-state index contributed by atoms with van der Waals surface area (Å²) in [5.74, 6) is -0.599. The van der Waals surface area contributed by atoms with E-state index in [2.05, 4.69) is 0 Å². The second-order valence-corrected chi connectivity index (χ2v) is 8.67. The molecule has 1 atom stereocenters. The minimum atomic E-state index is -0.788. The minimum Gasteiger partial charge on any atom is -0.507 e. The van der Waals surface area contributed by atoms with Gasteiger partial charge in [-0.1, -0.05) is 53.6 Å². The molecule has 35 heavy (non-hydrogen) atoms. The number of carbonyl (C=O) groups excluding carboxylic acids is 2. The lowest BCUT2D eigenvalue weighted by atomic mass is 9.94. The molecule has 1 fully saturated rings. The van der Waals surface area contributed by atoms with E-state index in [0.29, 0.717) is 18.1 Å². The summed E-state index contributed by atoms with van der Waals surface area (Å²) in [5, 5.41) is 11.6. The minimum absolute atomic E-state index is 0.00957. The summed E-state index contributed by atoms with van der Waals surface area (Å²) >= 11 is 6.40. The van der Waals surface area contributed by atoms with E-state index in [9.17, 15) is 14.7 Å². The van der Waals surface area contributed by atoms with Crippen LogP contribution >= 0.6 is 11.6 Å². The number of aliphatic hydroxyl groups excluding tert-OH is 1. The summed E-state index contributed by atoms with van der Waals surface area (Å²) in [5.41, 5.74) is 2.73. The molecule has 0 aromatic heterocycles. The van der Waals surface area contributed by atoms with Gasteiger partial charge in [0.2, 0.25) is 0 Å². The molecule has 180 valence electrons.